The summed E-state index contributed by atoms with van der Waals surface area (Å²) >= 11 is 6.91. The van der Waals surface area contributed by atoms with Crippen LogP contribution in [-0.4, -0.2) is 0 Å². The highest BCUT2D eigenvalue weighted by atomic mass is 79.9. The molecule has 112 valence electrons. The molecule has 0 aliphatic rings. The Kier molecular flexibility index (Phi) is 5.47. The minimum absolute atomic E-state index is 0.185. The number of alkyl halides is 2. The van der Waals surface area contributed by atoms with Gasteiger partial charge in [0.1, 0.15) is 0 Å². The van der Waals surface area contributed by atoms with Crippen molar-refractivity contribution in [1.82, 2.24) is 0 Å². The lowest BCUT2D eigenvalue weighted by Gasteiger charge is -2.02. The van der Waals surface area contributed by atoms with Gasteiger partial charge in [-0.25, -0.2) is 0 Å². The smallest absolute Gasteiger partial charge is 0.0712 e. The fourth-order valence-electron chi connectivity index (χ4n) is 2.32. The van der Waals surface area contributed by atoms with E-state index >= 15 is 0 Å². The summed E-state index contributed by atoms with van der Waals surface area (Å²) in [7, 11) is 0. The number of hydrogen-bond acceptors (Lipinski definition) is 0. The number of benzene rings is 4. The summed E-state index contributed by atoms with van der Waals surface area (Å²) in [4.78, 5) is 0. The molecule has 0 atom stereocenters. The average Bonchev–Trinajstić information content (AvgIpc) is 2.62. The molecule has 0 bridgehead atoms. The van der Waals surface area contributed by atoms with Crippen molar-refractivity contribution < 1.29 is 0 Å². The van der Waals surface area contributed by atoms with Gasteiger partial charge in [-0.1, -0.05) is 111 Å². The van der Waals surface area contributed by atoms with Gasteiger partial charge in [-0.2, -0.15) is 0 Å². The zero-order valence-electron chi connectivity index (χ0n) is 12.3. The Hall–Kier alpha value is -1.64. The largest absolute Gasteiger partial charge is 0.0952 e. The van der Waals surface area contributed by atoms with Gasteiger partial charge in [-0.05, 0) is 39.2 Å². The molecule has 0 nitrogen and oxygen atoms in total. The molecule has 0 saturated carbocycles. The predicted octanol–water partition coefficient (Wildman–Crippen LogP) is 7.07. The zero-order chi connectivity index (χ0) is 16.1. The normalized spacial score (nSPS) is 10.6. The Morgan fingerprint density at radius 2 is 1.26 bits per heavy atom. The van der Waals surface area contributed by atoms with Crippen molar-refractivity contribution in [2.45, 2.75) is 3.74 Å². The molecule has 0 saturated heterocycles. The highest BCUT2D eigenvalue weighted by Gasteiger charge is 2.02. The molecule has 0 aliphatic heterocycles. The first kappa shape index (κ1) is 16.2. The van der Waals surface area contributed by atoms with Gasteiger partial charge in [-0.3, -0.25) is 0 Å². The maximum Gasteiger partial charge on any atom is 0.0952 e. The summed E-state index contributed by atoms with van der Waals surface area (Å²) in [5.74, 6) is 0. The zero-order valence-corrected chi connectivity index (χ0v) is 15.5. The number of hydrogen-bond donors (Lipinski definition) is 0. The molecular weight excluding hydrogens is 412 g/mol. The second-order valence-corrected chi connectivity index (χ2v) is 8.12. The topological polar surface area (TPSA) is 0 Å². The van der Waals surface area contributed by atoms with Crippen LogP contribution in [0.4, 0.5) is 0 Å². The van der Waals surface area contributed by atoms with E-state index in [1.807, 2.05) is 36.4 Å². The van der Waals surface area contributed by atoms with Crippen LogP contribution in [0, 0.1) is 12.1 Å². The van der Waals surface area contributed by atoms with Crippen molar-refractivity contribution in [3.05, 3.63) is 96.6 Å². The van der Waals surface area contributed by atoms with E-state index in [-0.39, 0.29) is 3.74 Å². The second kappa shape index (κ2) is 7.76. The molecule has 0 heterocycles. The van der Waals surface area contributed by atoms with Crippen molar-refractivity contribution in [2.24, 2.45) is 0 Å². The van der Waals surface area contributed by atoms with E-state index in [2.05, 4.69) is 86.5 Å². The maximum absolute atomic E-state index is 3.45. The van der Waals surface area contributed by atoms with Crippen molar-refractivity contribution in [3.63, 3.8) is 0 Å². The third kappa shape index (κ3) is 4.21. The average molecular weight is 426 g/mol. The molecule has 0 spiro atoms. The summed E-state index contributed by atoms with van der Waals surface area (Å²) in [5.41, 5.74) is 1.12. The Labute approximate surface area is 153 Å². The summed E-state index contributed by atoms with van der Waals surface area (Å²) in [6.45, 7) is 0. The van der Waals surface area contributed by atoms with Crippen molar-refractivity contribution in [3.8, 4) is 0 Å². The van der Waals surface area contributed by atoms with Gasteiger partial charge in [0.15, 0.2) is 0 Å². The molecule has 0 amide bonds. The van der Waals surface area contributed by atoms with Crippen LogP contribution in [0.1, 0.15) is 9.30 Å². The molecule has 2 radical (unpaired) electrons. The van der Waals surface area contributed by atoms with Crippen LogP contribution >= 0.6 is 31.9 Å². The lowest BCUT2D eigenvalue weighted by Crippen LogP contribution is -1.81. The quantitative estimate of drug-likeness (QED) is 0.286. The first-order valence-electron chi connectivity index (χ1n) is 7.28. The molecule has 0 N–H and O–H groups in total. The van der Waals surface area contributed by atoms with Crippen LogP contribution in [0.25, 0.3) is 21.5 Å². The Bertz CT molecular complexity index is 848. The first-order chi connectivity index (χ1) is 11.2. The molecule has 2 heteroatoms. The van der Waals surface area contributed by atoms with Crippen LogP contribution in [-0.2, 0) is 0 Å². The van der Waals surface area contributed by atoms with E-state index in [0.29, 0.717) is 0 Å². The molecule has 0 aromatic heterocycles. The van der Waals surface area contributed by atoms with Gasteiger partial charge < -0.3 is 0 Å². The van der Waals surface area contributed by atoms with Gasteiger partial charge in [0.25, 0.3) is 0 Å². The lowest BCUT2D eigenvalue weighted by molar-refractivity contribution is 1.44. The monoisotopic (exact) mass is 424 g/mol. The van der Waals surface area contributed by atoms with Crippen LogP contribution in [0.3, 0.4) is 0 Å². The molecule has 0 fully saturated rings. The molecular formula is C21H14Br2. The fraction of sp³-hybridized carbons (Fsp3) is 0.0476. The van der Waals surface area contributed by atoms with Gasteiger partial charge >= 0.3 is 0 Å². The number of rotatable bonds is 1. The minimum atomic E-state index is 0.185. The molecule has 23 heavy (non-hydrogen) atoms. The first-order valence-corrected chi connectivity index (χ1v) is 9.12. The summed E-state index contributed by atoms with van der Waals surface area (Å²) in [6, 6.07) is 33.1. The molecule has 4 aromatic rings. The maximum atomic E-state index is 3.45. The predicted molar refractivity (Wildman–Crippen MR) is 106 cm³/mol. The number of halogens is 2. The Morgan fingerprint density at radius 1 is 0.652 bits per heavy atom. The van der Waals surface area contributed by atoms with E-state index in [1.165, 1.54) is 16.2 Å². The summed E-state index contributed by atoms with van der Waals surface area (Å²) in [6.07, 6.45) is 0. The van der Waals surface area contributed by atoms with Crippen molar-refractivity contribution in [2.75, 3.05) is 0 Å². The molecule has 0 aliphatic carbocycles. The van der Waals surface area contributed by atoms with E-state index in [1.54, 1.807) is 0 Å². The van der Waals surface area contributed by atoms with Crippen molar-refractivity contribution in [1.29, 1.82) is 0 Å². The van der Waals surface area contributed by atoms with Gasteiger partial charge in [0, 0.05) is 0 Å². The standard InChI is InChI=1S/C11H7Br2.C10H7/c12-11(13)10-6-5-8-3-1-2-4-9(8)7-10;1-2-6-10-8-4-3-7-9(10)5-1/h1-6,11H;1-7H. The minimum Gasteiger partial charge on any atom is -0.0712 e. The SMILES string of the molecule is BrC(Br)c1[c]c2ccccc2cc1.[c]1cccc2ccccc12. The van der Waals surface area contributed by atoms with Crippen LogP contribution in [0.2, 0.25) is 0 Å². The van der Waals surface area contributed by atoms with Crippen LogP contribution in [0.5, 0.6) is 0 Å². The fourth-order valence-corrected chi connectivity index (χ4v) is 2.86. The van der Waals surface area contributed by atoms with Crippen molar-refractivity contribution >= 4 is 53.4 Å². The summed E-state index contributed by atoms with van der Waals surface area (Å²) in [5, 5.41) is 4.82. The van der Waals surface area contributed by atoms with E-state index in [0.717, 1.165) is 10.9 Å². The highest BCUT2D eigenvalue weighted by Crippen LogP contribution is 2.30. The molecule has 4 rings (SSSR count). The van der Waals surface area contributed by atoms with Gasteiger partial charge in [0.05, 0.1) is 3.74 Å². The van der Waals surface area contributed by atoms with E-state index < -0.39 is 0 Å². The second-order valence-electron chi connectivity index (χ2n) is 5.06. The third-order valence-electron chi connectivity index (χ3n) is 3.49. The van der Waals surface area contributed by atoms with Crippen LogP contribution in [0.15, 0.2) is 78.9 Å². The Morgan fingerprint density at radius 3 is 1.96 bits per heavy atom. The van der Waals surface area contributed by atoms with Gasteiger partial charge in [-0.15, -0.1) is 0 Å². The number of fused-ring (bicyclic) bond motifs is 2. The molecule has 0 unspecified atom stereocenters. The highest BCUT2D eigenvalue weighted by molar-refractivity contribution is 9.24. The lowest BCUT2D eigenvalue weighted by atomic mass is 10.1. The molecule has 4 aromatic carbocycles. The van der Waals surface area contributed by atoms with E-state index in [9.17, 15) is 0 Å². The van der Waals surface area contributed by atoms with E-state index in [4.69, 9.17) is 0 Å². The third-order valence-corrected chi connectivity index (χ3v) is 4.48. The van der Waals surface area contributed by atoms with Gasteiger partial charge in [0.2, 0.25) is 0 Å². The van der Waals surface area contributed by atoms with Crippen LogP contribution < -0.4 is 0 Å². The Balaban J connectivity index is 0.000000140. The summed E-state index contributed by atoms with van der Waals surface area (Å²) < 4.78 is 0.185.